The summed E-state index contributed by atoms with van der Waals surface area (Å²) in [6.07, 6.45) is 22.0. The van der Waals surface area contributed by atoms with Gasteiger partial charge in [-0.25, -0.2) is 0 Å². The van der Waals surface area contributed by atoms with Crippen molar-refractivity contribution in [1.29, 1.82) is 0 Å². The van der Waals surface area contributed by atoms with E-state index in [1.165, 1.54) is 64.2 Å². The number of aliphatic carboxylic acids is 1. The van der Waals surface area contributed by atoms with Gasteiger partial charge in [-0.15, -0.1) is 12.3 Å². The van der Waals surface area contributed by atoms with E-state index in [4.69, 9.17) is 11.5 Å². The Hall–Kier alpha value is -1.37. The van der Waals surface area contributed by atoms with E-state index in [2.05, 4.69) is 16.1 Å². The molecule has 1 rings (SSSR count). The third-order valence-corrected chi connectivity index (χ3v) is 4.49. The molecule has 130 valence electrons. The highest BCUT2D eigenvalue weighted by Gasteiger charge is 2.37. The van der Waals surface area contributed by atoms with Crippen molar-refractivity contribution in [2.75, 3.05) is 0 Å². The summed E-state index contributed by atoms with van der Waals surface area (Å²) in [4.78, 5) is 10.4. The molecule has 0 bridgehead atoms. The highest BCUT2D eigenvalue weighted by molar-refractivity contribution is 5.66. The van der Waals surface area contributed by atoms with E-state index >= 15 is 0 Å². The van der Waals surface area contributed by atoms with Crippen LogP contribution in [0.25, 0.3) is 0 Å². The van der Waals surface area contributed by atoms with Crippen LogP contribution in [-0.2, 0) is 4.79 Å². The lowest BCUT2D eigenvalue weighted by Gasteiger charge is -2.06. The van der Waals surface area contributed by atoms with Crippen molar-refractivity contribution < 1.29 is 9.90 Å². The molecule has 0 aromatic rings. The van der Waals surface area contributed by atoms with Crippen molar-refractivity contribution in [1.82, 2.24) is 0 Å². The maximum Gasteiger partial charge on any atom is 0.303 e. The predicted molar refractivity (Wildman–Crippen MR) is 93.3 cm³/mol. The minimum Gasteiger partial charge on any atom is -0.481 e. The van der Waals surface area contributed by atoms with Gasteiger partial charge in [0.1, 0.15) is 0 Å². The number of rotatable bonds is 16. The van der Waals surface area contributed by atoms with E-state index in [1.807, 2.05) is 0 Å². The smallest absolute Gasteiger partial charge is 0.303 e. The van der Waals surface area contributed by atoms with E-state index in [1.54, 1.807) is 0 Å². The molecule has 0 saturated heterocycles. The van der Waals surface area contributed by atoms with Gasteiger partial charge in [0.15, 0.2) is 0 Å². The molecule has 1 aliphatic rings. The van der Waals surface area contributed by atoms with Crippen LogP contribution in [-0.4, -0.2) is 16.7 Å². The van der Waals surface area contributed by atoms with Crippen molar-refractivity contribution in [2.24, 2.45) is 10.2 Å². The summed E-state index contributed by atoms with van der Waals surface area (Å²) in [5, 5.41) is 16.7. The second kappa shape index (κ2) is 12.1. The Bertz CT molecular complexity index is 393. The first kappa shape index (κ1) is 19.7. The normalized spacial score (nSPS) is 14.6. The van der Waals surface area contributed by atoms with Crippen LogP contribution < -0.4 is 0 Å². The summed E-state index contributed by atoms with van der Waals surface area (Å²) in [7, 11) is 0. The number of carbonyl (C=O) groups is 1. The molecule has 0 aromatic heterocycles. The van der Waals surface area contributed by atoms with Gasteiger partial charge in [0, 0.05) is 6.42 Å². The first-order valence-electron chi connectivity index (χ1n) is 9.28. The number of hydrogen-bond donors (Lipinski definition) is 1. The van der Waals surface area contributed by atoms with Crippen molar-refractivity contribution in [3.05, 3.63) is 0 Å². The first-order chi connectivity index (χ1) is 11.2. The van der Waals surface area contributed by atoms with Crippen molar-refractivity contribution in [3.63, 3.8) is 0 Å². The number of carboxylic acid groups (broad SMARTS) is 1. The zero-order valence-electron chi connectivity index (χ0n) is 14.4. The number of terminal acetylenes is 1. The van der Waals surface area contributed by atoms with Crippen LogP contribution in [0.2, 0.25) is 0 Å². The summed E-state index contributed by atoms with van der Waals surface area (Å²) in [6, 6.07) is 0. The summed E-state index contributed by atoms with van der Waals surface area (Å²) in [6.45, 7) is 0. The van der Waals surface area contributed by atoms with E-state index < -0.39 is 5.97 Å². The topological polar surface area (TPSA) is 62.0 Å². The fourth-order valence-electron chi connectivity index (χ4n) is 2.95. The Morgan fingerprint density at radius 2 is 1.26 bits per heavy atom. The van der Waals surface area contributed by atoms with E-state index in [-0.39, 0.29) is 5.66 Å². The van der Waals surface area contributed by atoms with Crippen LogP contribution in [0.3, 0.4) is 0 Å². The minimum absolute atomic E-state index is 0.181. The SMILES string of the molecule is C#CCC1(CCCCCCCCCCCCCCC(=O)O)N=N1. The van der Waals surface area contributed by atoms with Gasteiger partial charge in [0.05, 0.1) is 6.42 Å². The molecular formula is C19H32N2O2. The van der Waals surface area contributed by atoms with Gasteiger partial charge in [0.25, 0.3) is 0 Å². The van der Waals surface area contributed by atoms with Crippen LogP contribution >= 0.6 is 0 Å². The van der Waals surface area contributed by atoms with E-state index in [9.17, 15) is 4.79 Å². The second-order valence-electron chi connectivity index (χ2n) is 6.70. The number of unbranched alkanes of at least 4 members (excludes halogenated alkanes) is 11. The molecule has 0 spiro atoms. The van der Waals surface area contributed by atoms with Crippen molar-refractivity contribution in [2.45, 2.75) is 102 Å². The maximum atomic E-state index is 10.4. The Kier molecular flexibility index (Phi) is 10.4. The largest absolute Gasteiger partial charge is 0.481 e. The molecule has 23 heavy (non-hydrogen) atoms. The lowest BCUT2D eigenvalue weighted by molar-refractivity contribution is -0.137. The average Bonchev–Trinajstić information content (AvgIpc) is 3.27. The highest BCUT2D eigenvalue weighted by atomic mass is 16.4. The molecular weight excluding hydrogens is 288 g/mol. The molecule has 4 nitrogen and oxygen atoms in total. The average molecular weight is 320 g/mol. The molecule has 0 aliphatic carbocycles. The van der Waals surface area contributed by atoms with E-state index in [0.717, 1.165) is 19.3 Å². The second-order valence-corrected chi connectivity index (χ2v) is 6.70. The van der Waals surface area contributed by atoms with Gasteiger partial charge < -0.3 is 5.11 Å². The molecule has 4 heteroatoms. The van der Waals surface area contributed by atoms with Crippen LogP contribution in [0.1, 0.15) is 96.3 Å². The molecule has 1 heterocycles. The van der Waals surface area contributed by atoms with Gasteiger partial charge in [-0.05, 0) is 19.3 Å². The number of hydrogen-bond acceptors (Lipinski definition) is 3. The third-order valence-electron chi connectivity index (χ3n) is 4.49. The Labute approximate surface area is 141 Å². The van der Waals surface area contributed by atoms with Gasteiger partial charge in [0.2, 0.25) is 5.66 Å². The third kappa shape index (κ3) is 10.9. The van der Waals surface area contributed by atoms with Crippen LogP contribution in [0, 0.1) is 12.3 Å². The van der Waals surface area contributed by atoms with Crippen LogP contribution in [0.4, 0.5) is 0 Å². The molecule has 0 fully saturated rings. The Balaban J connectivity index is 1.72. The van der Waals surface area contributed by atoms with Gasteiger partial charge >= 0.3 is 5.97 Å². The molecule has 0 aromatic carbocycles. The summed E-state index contributed by atoms with van der Waals surface area (Å²) < 4.78 is 0. The van der Waals surface area contributed by atoms with Crippen LogP contribution in [0.15, 0.2) is 10.2 Å². The van der Waals surface area contributed by atoms with E-state index in [0.29, 0.717) is 12.8 Å². The zero-order chi connectivity index (χ0) is 16.8. The lowest BCUT2D eigenvalue weighted by Crippen LogP contribution is -2.08. The Morgan fingerprint density at radius 1 is 0.826 bits per heavy atom. The number of nitrogens with zero attached hydrogens (tertiary/aromatic N) is 2. The van der Waals surface area contributed by atoms with Crippen LogP contribution in [0.5, 0.6) is 0 Å². The van der Waals surface area contributed by atoms with Gasteiger partial charge in [-0.3, -0.25) is 4.79 Å². The molecule has 0 saturated carbocycles. The van der Waals surface area contributed by atoms with Crippen molar-refractivity contribution in [3.8, 4) is 12.3 Å². The molecule has 1 N–H and O–H groups in total. The summed E-state index contributed by atoms with van der Waals surface area (Å²) in [5.41, 5.74) is -0.181. The molecule has 0 radical (unpaired) electrons. The number of carboxylic acids is 1. The fraction of sp³-hybridized carbons (Fsp3) is 0.842. The predicted octanol–water partition coefficient (Wildman–Crippen LogP) is 5.72. The summed E-state index contributed by atoms with van der Waals surface area (Å²) in [5.74, 6) is 1.99. The summed E-state index contributed by atoms with van der Waals surface area (Å²) >= 11 is 0. The fourth-order valence-corrected chi connectivity index (χ4v) is 2.95. The molecule has 1 aliphatic heterocycles. The van der Waals surface area contributed by atoms with Crippen molar-refractivity contribution >= 4 is 5.97 Å². The monoisotopic (exact) mass is 320 g/mol. The maximum absolute atomic E-state index is 10.4. The molecule has 0 amide bonds. The molecule has 0 atom stereocenters. The van der Waals surface area contributed by atoms with Gasteiger partial charge in [-0.1, -0.05) is 64.2 Å². The quantitative estimate of drug-likeness (QED) is 0.292. The Morgan fingerprint density at radius 3 is 1.65 bits per heavy atom. The highest BCUT2D eigenvalue weighted by Crippen LogP contribution is 2.36. The first-order valence-corrected chi connectivity index (χ1v) is 9.28. The lowest BCUT2D eigenvalue weighted by atomic mass is 10.0. The standard InChI is InChI=1S/C19H32N2O2/c1-2-16-19(20-21-19)17-14-12-10-8-6-4-3-5-7-9-11-13-15-18(22)23/h1H,3-17H2,(H,22,23). The van der Waals surface area contributed by atoms with Gasteiger partial charge in [-0.2, -0.15) is 10.2 Å². The molecule has 0 unspecified atom stereocenters. The zero-order valence-corrected chi connectivity index (χ0v) is 14.4. The minimum atomic E-state index is -0.669.